The SMILES string of the molecule is O=C(C(Cc1ccccc1)NCc1ccc(Br)nc1)N1CCN(Cc2ccccc2)CC1. The number of pyridine rings is 1. The van der Waals surface area contributed by atoms with E-state index in [4.69, 9.17) is 0 Å². The van der Waals surface area contributed by atoms with E-state index in [1.807, 2.05) is 47.5 Å². The van der Waals surface area contributed by atoms with Crippen molar-refractivity contribution in [3.63, 3.8) is 0 Å². The average molecular weight is 493 g/mol. The maximum Gasteiger partial charge on any atom is 0.240 e. The van der Waals surface area contributed by atoms with Crippen molar-refractivity contribution in [2.24, 2.45) is 0 Å². The molecule has 1 atom stereocenters. The lowest BCUT2D eigenvalue weighted by Crippen LogP contribution is -2.54. The first-order chi connectivity index (χ1) is 15.7. The molecule has 0 spiro atoms. The Bertz CT molecular complexity index is 974. The van der Waals surface area contributed by atoms with Crippen LogP contribution in [0.1, 0.15) is 16.7 Å². The number of amides is 1. The van der Waals surface area contributed by atoms with Gasteiger partial charge in [0.1, 0.15) is 4.60 Å². The largest absolute Gasteiger partial charge is 0.339 e. The van der Waals surface area contributed by atoms with Crippen molar-refractivity contribution in [2.45, 2.75) is 25.6 Å². The van der Waals surface area contributed by atoms with Crippen molar-refractivity contribution < 1.29 is 4.79 Å². The van der Waals surface area contributed by atoms with Crippen LogP contribution in [-0.2, 0) is 24.3 Å². The summed E-state index contributed by atoms with van der Waals surface area (Å²) in [6.45, 7) is 4.87. The summed E-state index contributed by atoms with van der Waals surface area (Å²) in [6.07, 6.45) is 2.51. The molecule has 2 aromatic carbocycles. The first-order valence-electron chi connectivity index (χ1n) is 11.1. The monoisotopic (exact) mass is 492 g/mol. The Kier molecular flexibility index (Phi) is 8.04. The molecule has 1 aliphatic rings. The Balaban J connectivity index is 1.37. The summed E-state index contributed by atoms with van der Waals surface area (Å²) in [5, 5.41) is 3.49. The number of aromatic nitrogens is 1. The van der Waals surface area contributed by atoms with Crippen LogP contribution in [0.15, 0.2) is 83.6 Å². The van der Waals surface area contributed by atoms with E-state index in [1.165, 1.54) is 5.56 Å². The van der Waals surface area contributed by atoms with Gasteiger partial charge in [0, 0.05) is 45.5 Å². The summed E-state index contributed by atoms with van der Waals surface area (Å²) in [7, 11) is 0. The number of nitrogens with one attached hydrogen (secondary N) is 1. The molecule has 1 aromatic heterocycles. The number of carbonyl (C=O) groups is 1. The number of hydrogen-bond acceptors (Lipinski definition) is 4. The van der Waals surface area contributed by atoms with Crippen LogP contribution < -0.4 is 5.32 Å². The Morgan fingerprint density at radius 3 is 2.16 bits per heavy atom. The molecule has 1 unspecified atom stereocenters. The number of piperazine rings is 1. The van der Waals surface area contributed by atoms with Crippen molar-refractivity contribution in [2.75, 3.05) is 26.2 Å². The van der Waals surface area contributed by atoms with Gasteiger partial charge < -0.3 is 10.2 Å². The lowest BCUT2D eigenvalue weighted by atomic mass is 10.0. The number of halogens is 1. The molecule has 1 saturated heterocycles. The van der Waals surface area contributed by atoms with Gasteiger partial charge in [0.15, 0.2) is 0 Å². The van der Waals surface area contributed by atoms with Crippen molar-refractivity contribution in [1.29, 1.82) is 0 Å². The number of rotatable bonds is 8. The fraction of sp³-hybridized carbons (Fsp3) is 0.308. The van der Waals surface area contributed by atoms with E-state index < -0.39 is 0 Å². The summed E-state index contributed by atoms with van der Waals surface area (Å²) in [5.74, 6) is 0.179. The van der Waals surface area contributed by atoms with E-state index >= 15 is 0 Å². The van der Waals surface area contributed by atoms with Gasteiger partial charge in [-0.2, -0.15) is 0 Å². The maximum atomic E-state index is 13.5. The molecule has 1 fully saturated rings. The minimum absolute atomic E-state index is 0.179. The van der Waals surface area contributed by atoms with Gasteiger partial charge >= 0.3 is 0 Å². The maximum absolute atomic E-state index is 13.5. The van der Waals surface area contributed by atoms with Gasteiger partial charge in [0.25, 0.3) is 0 Å². The molecule has 0 radical (unpaired) electrons. The lowest BCUT2D eigenvalue weighted by molar-refractivity contribution is -0.135. The van der Waals surface area contributed by atoms with Gasteiger partial charge in [-0.25, -0.2) is 4.98 Å². The van der Waals surface area contributed by atoms with Crippen molar-refractivity contribution in [3.8, 4) is 0 Å². The van der Waals surface area contributed by atoms with E-state index in [-0.39, 0.29) is 11.9 Å². The highest BCUT2D eigenvalue weighted by Crippen LogP contribution is 2.13. The lowest BCUT2D eigenvalue weighted by Gasteiger charge is -2.36. The zero-order valence-corrected chi connectivity index (χ0v) is 19.7. The molecule has 1 aliphatic heterocycles. The fourth-order valence-corrected chi connectivity index (χ4v) is 4.27. The Morgan fingerprint density at radius 1 is 0.875 bits per heavy atom. The van der Waals surface area contributed by atoms with Gasteiger partial charge in [-0.1, -0.05) is 66.7 Å². The van der Waals surface area contributed by atoms with Crippen LogP contribution in [-0.4, -0.2) is 52.9 Å². The smallest absolute Gasteiger partial charge is 0.240 e. The van der Waals surface area contributed by atoms with Gasteiger partial charge in [0.2, 0.25) is 5.91 Å². The first kappa shape index (κ1) is 22.6. The Hall–Kier alpha value is -2.54. The van der Waals surface area contributed by atoms with E-state index in [9.17, 15) is 4.79 Å². The van der Waals surface area contributed by atoms with Crippen LogP contribution in [0.5, 0.6) is 0 Å². The minimum Gasteiger partial charge on any atom is -0.339 e. The van der Waals surface area contributed by atoms with Crippen molar-refractivity contribution in [3.05, 3.63) is 100 Å². The summed E-state index contributed by atoms with van der Waals surface area (Å²) >= 11 is 3.37. The highest BCUT2D eigenvalue weighted by Gasteiger charge is 2.27. The number of nitrogens with zero attached hydrogens (tertiary/aromatic N) is 3. The fourth-order valence-electron chi connectivity index (χ4n) is 4.04. The van der Waals surface area contributed by atoms with Crippen molar-refractivity contribution in [1.82, 2.24) is 20.1 Å². The molecule has 1 N–H and O–H groups in total. The second kappa shape index (κ2) is 11.4. The Labute approximate surface area is 198 Å². The van der Waals surface area contributed by atoms with Crippen molar-refractivity contribution >= 4 is 21.8 Å². The molecule has 6 heteroatoms. The molecule has 2 heterocycles. The molecular weight excluding hydrogens is 464 g/mol. The van der Waals surface area contributed by atoms with E-state index in [2.05, 4.69) is 67.5 Å². The highest BCUT2D eigenvalue weighted by atomic mass is 79.9. The summed E-state index contributed by atoms with van der Waals surface area (Å²) in [6, 6.07) is 24.4. The highest BCUT2D eigenvalue weighted by molar-refractivity contribution is 9.10. The zero-order chi connectivity index (χ0) is 22.2. The van der Waals surface area contributed by atoms with E-state index in [1.54, 1.807) is 0 Å². The molecule has 1 amide bonds. The standard InChI is InChI=1S/C26H29BrN4O/c27-25-12-11-23(19-29-25)18-28-24(17-21-7-3-1-4-8-21)26(32)31-15-13-30(14-16-31)20-22-9-5-2-6-10-22/h1-12,19,24,28H,13-18,20H2. The predicted octanol–water partition coefficient (Wildman–Crippen LogP) is 3.89. The quantitative estimate of drug-likeness (QED) is 0.484. The zero-order valence-electron chi connectivity index (χ0n) is 18.2. The Morgan fingerprint density at radius 2 is 1.53 bits per heavy atom. The predicted molar refractivity (Wildman–Crippen MR) is 131 cm³/mol. The van der Waals surface area contributed by atoms with Gasteiger partial charge in [-0.15, -0.1) is 0 Å². The topological polar surface area (TPSA) is 48.5 Å². The molecular formula is C26H29BrN4O. The second-order valence-electron chi connectivity index (χ2n) is 8.20. The van der Waals surface area contributed by atoms with Gasteiger partial charge in [-0.05, 0) is 45.1 Å². The van der Waals surface area contributed by atoms with Crippen LogP contribution in [0.3, 0.4) is 0 Å². The molecule has 0 bridgehead atoms. The first-order valence-corrected chi connectivity index (χ1v) is 11.9. The van der Waals surface area contributed by atoms with Gasteiger partial charge in [-0.3, -0.25) is 9.69 Å². The third-order valence-electron chi connectivity index (χ3n) is 5.85. The molecule has 4 rings (SSSR count). The second-order valence-corrected chi connectivity index (χ2v) is 9.01. The van der Waals surface area contributed by atoms with Crippen LogP contribution in [0, 0.1) is 0 Å². The average Bonchev–Trinajstić information content (AvgIpc) is 2.84. The van der Waals surface area contributed by atoms with Crippen LogP contribution in [0.4, 0.5) is 0 Å². The molecule has 3 aromatic rings. The van der Waals surface area contributed by atoms with Gasteiger partial charge in [0.05, 0.1) is 6.04 Å². The third-order valence-corrected chi connectivity index (χ3v) is 6.32. The normalized spacial score (nSPS) is 15.5. The third kappa shape index (κ3) is 6.48. The van der Waals surface area contributed by atoms with Crippen LogP contribution in [0.2, 0.25) is 0 Å². The summed E-state index contributed by atoms with van der Waals surface area (Å²) in [5.41, 5.74) is 3.54. The molecule has 166 valence electrons. The molecule has 32 heavy (non-hydrogen) atoms. The van der Waals surface area contributed by atoms with E-state index in [0.717, 1.165) is 48.5 Å². The summed E-state index contributed by atoms with van der Waals surface area (Å²) < 4.78 is 0.812. The van der Waals surface area contributed by atoms with Crippen LogP contribution in [0.25, 0.3) is 0 Å². The van der Waals surface area contributed by atoms with E-state index in [0.29, 0.717) is 13.0 Å². The molecule has 5 nitrogen and oxygen atoms in total. The number of hydrogen-bond donors (Lipinski definition) is 1. The number of carbonyl (C=O) groups excluding carboxylic acids is 1. The summed E-state index contributed by atoms with van der Waals surface area (Å²) in [4.78, 5) is 22.2. The molecule has 0 aliphatic carbocycles. The van der Waals surface area contributed by atoms with Crippen LogP contribution >= 0.6 is 15.9 Å². The molecule has 0 saturated carbocycles. The minimum atomic E-state index is -0.262. The number of benzene rings is 2.